The molecule has 0 aliphatic heterocycles. The van der Waals surface area contributed by atoms with Gasteiger partial charge < -0.3 is 10.6 Å². The van der Waals surface area contributed by atoms with Crippen LogP contribution in [-0.2, 0) is 0 Å². The van der Waals surface area contributed by atoms with Crippen LogP contribution in [0.25, 0.3) is 0 Å². The molecule has 116 valence electrons. The van der Waals surface area contributed by atoms with Crippen LogP contribution in [0.15, 0.2) is 0 Å². The normalized spacial score (nSPS) is 40.2. The molecule has 0 amide bonds. The molecule has 4 saturated carbocycles. The lowest BCUT2D eigenvalue weighted by Gasteiger charge is -2.57. The van der Waals surface area contributed by atoms with Crippen molar-refractivity contribution in [1.82, 2.24) is 10.6 Å². The summed E-state index contributed by atoms with van der Waals surface area (Å²) in [6.07, 6.45) is 12.1. The molecule has 0 aromatic heterocycles. The first kappa shape index (κ1) is 14.8. The minimum absolute atomic E-state index is 0.621. The van der Waals surface area contributed by atoms with Gasteiger partial charge in [-0.25, -0.2) is 0 Å². The van der Waals surface area contributed by atoms with E-state index in [1.165, 1.54) is 19.4 Å². The topological polar surface area (TPSA) is 24.1 Å². The van der Waals surface area contributed by atoms with Crippen LogP contribution in [0.5, 0.6) is 0 Å². The van der Waals surface area contributed by atoms with E-state index in [1.54, 1.807) is 38.5 Å². The van der Waals surface area contributed by atoms with Crippen LogP contribution >= 0.6 is 0 Å². The predicted molar refractivity (Wildman–Crippen MR) is 85.8 cm³/mol. The predicted octanol–water partition coefficient (Wildman–Crippen LogP) is 3.57. The van der Waals surface area contributed by atoms with Gasteiger partial charge in [0.05, 0.1) is 0 Å². The first-order valence-corrected chi connectivity index (χ1v) is 9.13. The van der Waals surface area contributed by atoms with E-state index >= 15 is 0 Å². The minimum atomic E-state index is 0.621. The van der Waals surface area contributed by atoms with Gasteiger partial charge in [0.25, 0.3) is 0 Å². The lowest BCUT2D eigenvalue weighted by molar-refractivity contribution is -0.0569. The summed E-state index contributed by atoms with van der Waals surface area (Å²) in [7, 11) is 0. The van der Waals surface area contributed by atoms with E-state index in [2.05, 4.69) is 24.5 Å². The summed E-state index contributed by atoms with van der Waals surface area (Å²) in [6.45, 7) is 8.07. The van der Waals surface area contributed by atoms with Crippen LogP contribution in [0.1, 0.15) is 65.2 Å². The number of hydrogen-bond acceptors (Lipinski definition) is 2. The maximum Gasteiger partial charge on any atom is 0.0164 e. The summed E-state index contributed by atoms with van der Waals surface area (Å²) >= 11 is 0. The van der Waals surface area contributed by atoms with Crippen molar-refractivity contribution < 1.29 is 0 Å². The molecule has 0 aromatic carbocycles. The third-order valence-corrected chi connectivity index (χ3v) is 6.19. The summed E-state index contributed by atoms with van der Waals surface area (Å²) in [5.41, 5.74) is 0.748. The molecule has 2 heteroatoms. The zero-order chi connectivity index (χ0) is 14.0. The molecule has 2 N–H and O–H groups in total. The number of hydrogen-bond donors (Lipinski definition) is 2. The van der Waals surface area contributed by atoms with Gasteiger partial charge in [0.2, 0.25) is 0 Å². The fraction of sp³-hybridized carbons (Fsp3) is 1.00. The van der Waals surface area contributed by atoms with Crippen LogP contribution in [-0.4, -0.2) is 25.7 Å². The van der Waals surface area contributed by atoms with Crippen molar-refractivity contribution in [2.75, 3.05) is 19.6 Å². The highest BCUT2D eigenvalue weighted by Crippen LogP contribution is 2.61. The van der Waals surface area contributed by atoms with Crippen molar-refractivity contribution in [2.24, 2.45) is 23.2 Å². The quantitative estimate of drug-likeness (QED) is 0.663. The van der Waals surface area contributed by atoms with Gasteiger partial charge >= 0.3 is 0 Å². The van der Waals surface area contributed by atoms with E-state index < -0.39 is 0 Å². The molecule has 4 aliphatic rings. The highest BCUT2D eigenvalue weighted by atomic mass is 15.0. The molecule has 0 saturated heterocycles. The Kier molecular flexibility index (Phi) is 4.72. The Morgan fingerprint density at radius 2 is 1.60 bits per heavy atom. The average Bonchev–Trinajstić information content (AvgIpc) is 2.37. The average molecular weight is 278 g/mol. The largest absolute Gasteiger partial charge is 0.315 e. The van der Waals surface area contributed by atoms with E-state index in [0.29, 0.717) is 6.04 Å². The van der Waals surface area contributed by atoms with Gasteiger partial charge in [-0.2, -0.15) is 0 Å². The second-order valence-corrected chi connectivity index (χ2v) is 8.23. The van der Waals surface area contributed by atoms with Crippen LogP contribution in [0.3, 0.4) is 0 Å². The van der Waals surface area contributed by atoms with Crippen molar-refractivity contribution in [3.05, 3.63) is 0 Å². The monoisotopic (exact) mass is 278 g/mol. The lowest BCUT2D eigenvalue weighted by Crippen LogP contribution is -2.47. The summed E-state index contributed by atoms with van der Waals surface area (Å²) in [6, 6.07) is 0.621. The summed E-state index contributed by atoms with van der Waals surface area (Å²) in [4.78, 5) is 0. The van der Waals surface area contributed by atoms with Gasteiger partial charge in [0, 0.05) is 12.6 Å². The molecule has 0 heterocycles. The van der Waals surface area contributed by atoms with E-state index in [9.17, 15) is 0 Å². The fourth-order valence-electron chi connectivity index (χ4n) is 5.75. The highest BCUT2D eigenvalue weighted by molar-refractivity contribution is 5.01. The SMILES string of the molecule is CCCNCC(C)NCCC12CC3CC(CC(C3)C1)C2. The molecule has 0 radical (unpaired) electrons. The summed E-state index contributed by atoms with van der Waals surface area (Å²) in [5, 5.41) is 7.27. The highest BCUT2D eigenvalue weighted by Gasteiger charge is 2.50. The molecule has 4 fully saturated rings. The van der Waals surface area contributed by atoms with Crippen LogP contribution in [0.4, 0.5) is 0 Å². The van der Waals surface area contributed by atoms with Crippen molar-refractivity contribution in [3.8, 4) is 0 Å². The zero-order valence-corrected chi connectivity index (χ0v) is 13.6. The molecular formula is C18H34N2. The Labute approximate surface area is 125 Å². The first-order valence-electron chi connectivity index (χ1n) is 9.13. The molecule has 4 bridgehead atoms. The van der Waals surface area contributed by atoms with Gasteiger partial charge in [-0.3, -0.25) is 0 Å². The van der Waals surface area contributed by atoms with E-state index in [0.717, 1.165) is 36.3 Å². The standard InChI is InChI=1S/C18H34N2/c1-3-5-19-13-14(2)20-6-4-18-10-15-7-16(11-18)9-17(8-15)12-18/h14-17,19-20H,3-13H2,1-2H3. The van der Waals surface area contributed by atoms with Crippen molar-refractivity contribution in [1.29, 1.82) is 0 Å². The van der Waals surface area contributed by atoms with Gasteiger partial charge in [-0.05, 0) is 94.5 Å². The third-order valence-electron chi connectivity index (χ3n) is 6.19. The van der Waals surface area contributed by atoms with Crippen LogP contribution in [0, 0.1) is 23.2 Å². The number of nitrogens with one attached hydrogen (secondary N) is 2. The van der Waals surface area contributed by atoms with Crippen molar-refractivity contribution in [2.45, 2.75) is 71.3 Å². The number of rotatable bonds is 8. The smallest absolute Gasteiger partial charge is 0.0164 e. The fourth-order valence-corrected chi connectivity index (χ4v) is 5.75. The Hall–Kier alpha value is -0.0800. The van der Waals surface area contributed by atoms with Gasteiger partial charge in [-0.15, -0.1) is 0 Å². The van der Waals surface area contributed by atoms with Crippen molar-refractivity contribution >= 4 is 0 Å². The van der Waals surface area contributed by atoms with Crippen LogP contribution in [0.2, 0.25) is 0 Å². The van der Waals surface area contributed by atoms with Gasteiger partial charge in [0.15, 0.2) is 0 Å². The van der Waals surface area contributed by atoms with E-state index in [4.69, 9.17) is 0 Å². The van der Waals surface area contributed by atoms with Gasteiger partial charge in [0.1, 0.15) is 0 Å². The molecule has 20 heavy (non-hydrogen) atoms. The van der Waals surface area contributed by atoms with E-state index in [-0.39, 0.29) is 0 Å². The van der Waals surface area contributed by atoms with Gasteiger partial charge in [-0.1, -0.05) is 6.92 Å². The first-order chi connectivity index (χ1) is 9.69. The Morgan fingerprint density at radius 3 is 2.15 bits per heavy atom. The van der Waals surface area contributed by atoms with Crippen LogP contribution < -0.4 is 10.6 Å². The molecule has 0 aromatic rings. The minimum Gasteiger partial charge on any atom is -0.315 e. The maximum absolute atomic E-state index is 3.75. The molecule has 0 spiro atoms. The third kappa shape index (κ3) is 3.39. The molecular weight excluding hydrogens is 244 g/mol. The Morgan fingerprint density at radius 1 is 1.00 bits per heavy atom. The Balaban J connectivity index is 1.40. The molecule has 1 unspecified atom stereocenters. The second-order valence-electron chi connectivity index (χ2n) is 8.23. The Bertz CT molecular complexity index is 277. The maximum atomic E-state index is 3.75. The molecule has 1 atom stereocenters. The summed E-state index contributed by atoms with van der Waals surface area (Å²) < 4.78 is 0. The molecule has 4 rings (SSSR count). The second kappa shape index (κ2) is 6.36. The lowest BCUT2D eigenvalue weighted by atomic mass is 9.49. The van der Waals surface area contributed by atoms with Crippen molar-refractivity contribution in [3.63, 3.8) is 0 Å². The molecule has 2 nitrogen and oxygen atoms in total. The van der Waals surface area contributed by atoms with E-state index in [1.807, 2.05) is 0 Å². The molecule has 4 aliphatic carbocycles. The summed E-state index contributed by atoms with van der Waals surface area (Å²) in [5.74, 6) is 3.31. The zero-order valence-electron chi connectivity index (χ0n) is 13.6.